The minimum atomic E-state index is 0.545. The van der Waals surface area contributed by atoms with Crippen molar-refractivity contribution in [1.29, 1.82) is 0 Å². The van der Waals surface area contributed by atoms with E-state index in [0.29, 0.717) is 12.5 Å². The van der Waals surface area contributed by atoms with Crippen LogP contribution in [-0.4, -0.2) is 53.9 Å². The molecule has 1 saturated heterocycles. The minimum Gasteiger partial charge on any atom is -0.377 e. The largest absolute Gasteiger partial charge is 0.377 e. The number of nitrogens with one attached hydrogen (secondary N) is 1. The third-order valence-electron chi connectivity index (χ3n) is 5.01. The second-order valence-corrected chi connectivity index (χ2v) is 7.10. The maximum atomic E-state index is 5.74. The van der Waals surface area contributed by atoms with Gasteiger partial charge in [0.1, 0.15) is 0 Å². The van der Waals surface area contributed by atoms with Crippen LogP contribution in [0.5, 0.6) is 0 Å². The summed E-state index contributed by atoms with van der Waals surface area (Å²) in [6, 6.07) is 10.3. The molecule has 146 valence electrons. The molecule has 1 N–H and O–H groups in total. The van der Waals surface area contributed by atoms with E-state index in [1.54, 1.807) is 0 Å². The molecule has 6 heteroatoms. The molecule has 3 rings (SSSR count). The van der Waals surface area contributed by atoms with Crippen molar-refractivity contribution in [3.8, 4) is 0 Å². The van der Waals surface area contributed by atoms with Crippen LogP contribution in [-0.2, 0) is 18.4 Å². The number of aryl methyl sites for hydroxylation is 1. The van der Waals surface area contributed by atoms with Crippen LogP contribution in [0.25, 0.3) is 0 Å². The molecular formula is C21H31N5O. The van der Waals surface area contributed by atoms with Crippen molar-refractivity contribution >= 4 is 5.96 Å². The molecule has 1 aromatic carbocycles. The summed E-state index contributed by atoms with van der Waals surface area (Å²) in [6.07, 6.45) is 7.39. The summed E-state index contributed by atoms with van der Waals surface area (Å²) in [5.74, 6) is 1.55. The maximum absolute atomic E-state index is 5.74. The van der Waals surface area contributed by atoms with E-state index in [4.69, 9.17) is 4.74 Å². The van der Waals surface area contributed by atoms with Crippen LogP contribution in [0.2, 0.25) is 0 Å². The summed E-state index contributed by atoms with van der Waals surface area (Å²) < 4.78 is 7.62. The molecule has 1 fully saturated rings. The van der Waals surface area contributed by atoms with Gasteiger partial charge in [0.25, 0.3) is 0 Å². The molecule has 1 unspecified atom stereocenters. The van der Waals surface area contributed by atoms with Crippen LogP contribution in [0.15, 0.2) is 47.7 Å². The van der Waals surface area contributed by atoms with Gasteiger partial charge in [-0.25, -0.2) is 0 Å². The summed E-state index contributed by atoms with van der Waals surface area (Å²) in [5, 5.41) is 7.79. The van der Waals surface area contributed by atoms with Gasteiger partial charge in [0.2, 0.25) is 0 Å². The number of hydrogen-bond donors (Lipinski definition) is 1. The van der Waals surface area contributed by atoms with Gasteiger partial charge in [-0.2, -0.15) is 5.10 Å². The summed E-state index contributed by atoms with van der Waals surface area (Å²) in [7, 11) is 3.84. The van der Waals surface area contributed by atoms with Crippen LogP contribution in [0, 0.1) is 0 Å². The van der Waals surface area contributed by atoms with Gasteiger partial charge in [-0.15, -0.1) is 0 Å². The highest BCUT2D eigenvalue weighted by atomic mass is 16.5. The van der Waals surface area contributed by atoms with Gasteiger partial charge in [-0.05, 0) is 30.4 Å². The van der Waals surface area contributed by atoms with Gasteiger partial charge < -0.3 is 15.0 Å². The normalized spacial score (nSPS) is 17.5. The van der Waals surface area contributed by atoms with Crippen LogP contribution < -0.4 is 5.32 Å². The quantitative estimate of drug-likeness (QED) is 0.442. The number of likely N-dealkylation sites (tertiary alicyclic amines) is 1. The van der Waals surface area contributed by atoms with Gasteiger partial charge in [0, 0.05) is 52.5 Å². The van der Waals surface area contributed by atoms with Crippen LogP contribution in [0.4, 0.5) is 0 Å². The first-order valence-electron chi connectivity index (χ1n) is 9.82. The molecule has 0 bridgehead atoms. The van der Waals surface area contributed by atoms with Crippen LogP contribution >= 0.6 is 0 Å². The molecule has 0 amide bonds. The number of aromatic nitrogens is 2. The first-order chi connectivity index (χ1) is 13.3. The Labute approximate surface area is 162 Å². The lowest BCUT2D eigenvalue weighted by Crippen LogP contribution is -2.40. The van der Waals surface area contributed by atoms with E-state index in [2.05, 4.69) is 38.6 Å². The van der Waals surface area contributed by atoms with Crippen molar-refractivity contribution in [2.45, 2.75) is 31.8 Å². The zero-order chi connectivity index (χ0) is 18.9. The average Bonchev–Trinajstić information content (AvgIpc) is 3.34. The average molecular weight is 370 g/mol. The molecule has 0 saturated carbocycles. The number of hydrogen-bond acceptors (Lipinski definition) is 3. The van der Waals surface area contributed by atoms with E-state index < -0.39 is 0 Å². The lowest BCUT2D eigenvalue weighted by Gasteiger charge is -2.21. The van der Waals surface area contributed by atoms with Gasteiger partial charge in [-0.1, -0.05) is 30.3 Å². The number of guanidine groups is 1. The third-order valence-corrected chi connectivity index (χ3v) is 5.01. The SMILES string of the molecule is CN=C(NCCCCOCc1ccccc1)N1CCC(c2cnn(C)c2)C1. The molecular weight excluding hydrogens is 338 g/mol. The lowest BCUT2D eigenvalue weighted by atomic mass is 10.0. The predicted octanol–water partition coefficient (Wildman–Crippen LogP) is 2.78. The highest BCUT2D eigenvalue weighted by Crippen LogP contribution is 2.26. The van der Waals surface area contributed by atoms with Gasteiger partial charge >= 0.3 is 0 Å². The topological polar surface area (TPSA) is 54.7 Å². The number of ether oxygens (including phenoxy) is 1. The molecule has 27 heavy (non-hydrogen) atoms. The summed E-state index contributed by atoms with van der Waals surface area (Å²) in [4.78, 5) is 6.81. The number of unbranched alkanes of at least 4 members (excludes halogenated alkanes) is 1. The van der Waals surface area contributed by atoms with Crippen LogP contribution in [0.3, 0.4) is 0 Å². The monoisotopic (exact) mass is 369 g/mol. The number of aliphatic imine (C=N–C) groups is 1. The third kappa shape index (κ3) is 5.82. The Kier molecular flexibility index (Phi) is 7.27. The molecule has 1 aliphatic rings. The molecule has 1 aliphatic heterocycles. The second-order valence-electron chi connectivity index (χ2n) is 7.10. The van der Waals surface area contributed by atoms with Crippen molar-refractivity contribution < 1.29 is 4.74 Å². The minimum absolute atomic E-state index is 0.545. The smallest absolute Gasteiger partial charge is 0.193 e. The van der Waals surface area contributed by atoms with E-state index in [9.17, 15) is 0 Å². The molecule has 0 aliphatic carbocycles. The zero-order valence-corrected chi connectivity index (χ0v) is 16.5. The number of nitrogens with zero attached hydrogens (tertiary/aromatic N) is 4. The fraction of sp³-hybridized carbons (Fsp3) is 0.524. The molecule has 0 spiro atoms. The number of benzene rings is 1. The number of rotatable bonds is 8. The van der Waals surface area contributed by atoms with Crippen molar-refractivity contribution in [3.63, 3.8) is 0 Å². The van der Waals surface area contributed by atoms with E-state index in [-0.39, 0.29) is 0 Å². The second kappa shape index (κ2) is 10.1. The maximum Gasteiger partial charge on any atom is 0.193 e. The highest BCUT2D eigenvalue weighted by Gasteiger charge is 2.26. The molecule has 0 radical (unpaired) electrons. The fourth-order valence-electron chi connectivity index (χ4n) is 3.50. The molecule has 1 atom stereocenters. The van der Waals surface area contributed by atoms with Gasteiger partial charge in [0.15, 0.2) is 5.96 Å². The Morgan fingerprint density at radius 3 is 2.89 bits per heavy atom. The lowest BCUT2D eigenvalue weighted by molar-refractivity contribution is 0.117. The molecule has 6 nitrogen and oxygen atoms in total. The van der Waals surface area contributed by atoms with Crippen LogP contribution in [0.1, 0.15) is 36.3 Å². The predicted molar refractivity (Wildman–Crippen MR) is 109 cm³/mol. The van der Waals surface area contributed by atoms with Crippen molar-refractivity contribution in [2.24, 2.45) is 12.0 Å². The zero-order valence-electron chi connectivity index (χ0n) is 16.5. The summed E-state index contributed by atoms with van der Waals surface area (Å²) in [5.41, 5.74) is 2.55. The first-order valence-corrected chi connectivity index (χ1v) is 9.82. The standard InChI is InChI=1S/C21H31N5O/c1-22-21(26-12-10-19(16-26)20-14-24-25(2)15-20)23-11-6-7-13-27-17-18-8-4-3-5-9-18/h3-5,8-9,14-15,19H,6-7,10-13,16-17H2,1-2H3,(H,22,23). The molecule has 1 aromatic heterocycles. The Morgan fingerprint density at radius 1 is 1.30 bits per heavy atom. The van der Waals surface area contributed by atoms with Gasteiger partial charge in [-0.3, -0.25) is 9.67 Å². The van der Waals surface area contributed by atoms with E-state index in [1.807, 2.05) is 43.2 Å². The summed E-state index contributed by atoms with van der Waals surface area (Å²) in [6.45, 7) is 4.46. The first kappa shape index (κ1) is 19.4. The Balaban J connectivity index is 1.30. The fourth-order valence-corrected chi connectivity index (χ4v) is 3.50. The van der Waals surface area contributed by atoms with Crippen molar-refractivity contribution in [1.82, 2.24) is 20.0 Å². The summed E-state index contributed by atoms with van der Waals surface area (Å²) >= 11 is 0. The molecule has 2 aromatic rings. The Hall–Kier alpha value is -2.34. The van der Waals surface area contributed by atoms with E-state index in [0.717, 1.165) is 51.5 Å². The molecule has 2 heterocycles. The Morgan fingerprint density at radius 2 is 2.15 bits per heavy atom. The van der Waals surface area contributed by atoms with Crippen molar-refractivity contribution in [2.75, 3.05) is 33.3 Å². The van der Waals surface area contributed by atoms with Gasteiger partial charge in [0.05, 0.1) is 12.8 Å². The van der Waals surface area contributed by atoms with Crippen molar-refractivity contribution in [3.05, 3.63) is 53.9 Å². The highest BCUT2D eigenvalue weighted by molar-refractivity contribution is 5.80. The van der Waals surface area contributed by atoms with E-state index in [1.165, 1.54) is 11.1 Å². The van der Waals surface area contributed by atoms with E-state index >= 15 is 0 Å². The Bertz CT molecular complexity index is 712.